The van der Waals surface area contributed by atoms with Gasteiger partial charge in [-0.05, 0) is 18.9 Å². The second-order valence-electron chi connectivity index (χ2n) is 3.51. The van der Waals surface area contributed by atoms with Crippen molar-refractivity contribution in [3.05, 3.63) is 18.0 Å². The fourth-order valence-electron chi connectivity index (χ4n) is 1.34. The van der Waals surface area contributed by atoms with E-state index in [0.717, 1.165) is 12.0 Å². The molecule has 0 N–H and O–H groups in total. The van der Waals surface area contributed by atoms with Gasteiger partial charge in [0.15, 0.2) is 0 Å². The topological polar surface area (TPSA) is 44.1 Å². The summed E-state index contributed by atoms with van der Waals surface area (Å²) in [6.45, 7) is 3.15. The summed E-state index contributed by atoms with van der Waals surface area (Å²) in [4.78, 5) is 11.4. The lowest BCUT2D eigenvalue weighted by Gasteiger charge is -2.00. The number of aryl methyl sites for hydroxylation is 2. The Kier molecular flexibility index (Phi) is 5.04. The van der Waals surface area contributed by atoms with Gasteiger partial charge < -0.3 is 4.74 Å². The molecule has 0 aliphatic heterocycles. The number of ketones is 1. The molecule has 0 saturated carbocycles. The fraction of sp³-hybridized carbons (Fsp3) is 0.636. The van der Waals surface area contributed by atoms with Gasteiger partial charge in [0.1, 0.15) is 5.78 Å². The second kappa shape index (κ2) is 6.35. The van der Waals surface area contributed by atoms with Gasteiger partial charge in [-0.3, -0.25) is 9.48 Å². The number of hydrogen-bond acceptors (Lipinski definition) is 3. The Hall–Kier alpha value is -1.16. The van der Waals surface area contributed by atoms with E-state index in [1.165, 1.54) is 0 Å². The highest BCUT2D eigenvalue weighted by Crippen LogP contribution is 2.02. The lowest BCUT2D eigenvalue weighted by atomic mass is 10.1. The number of carbonyl (C=O) groups is 1. The number of carbonyl (C=O) groups excluding carboxylic acids is 1. The minimum absolute atomic E-state index is 0.257. The minimum Gasteiger partial charge on any atom is -0.381 e. The molecule has 4 nitrogen and oxygen atoms in total. The maximum absolute atomic E-state index is 11.4. The molecular weight excluding hydrogens is 192 g/mol. The number of Topliss-reactive ketones (excluding diaryl/α,β-unsaturated/α-hetero) is 1. The third kappa shape index (κ3) is 4.74. The summed E-state index contributed by atoms with van der Waals surface area (Å²) in [6, 6.07) is 0. The highest BCUT2D eigenvalue weighted by Gasteiger charge is 2.03. The summed E-state index contributed by atoms with van der Waals surface area (Å²) in [7, 11) is 1.88. The Morgan fingerprint density at radius 2 is 2.33 bits per heavy atom. The van der Waals surface area contributed by atoms with Crippen LogP contribution >= 0.6 is 0 Å². The van der Waals surface area contributed by atoms with E-state index < -0.39 is 0 Å². The molecule has 0 aliphatic rings. The molecule has 0 unspecified atom stereocenters. The normalized spacial score (nSPS) is 10.5. The zero-order valence-electron chi connectivity index (χ0n) is 9.40. The van der Waals surface area contributed by atoms with Crippen LogP contribution in [0.2, 0.25) is 0 Å². The summed E-state index contributed by atoms with van der Waals surface area (Å²) in [5.74, 6) is 0.257. The summed E-state index contributed by atoms with van der Waals surface area (Å²) in [5.41, 5.74) is 1.11. The van der Waals surface area contributed by atoms with Crippen molar-refractivity contribution in [1.29, 1.82) is 0 Å². The Morgan fingerprint density at radius 3 is 2.93 bits per heavy atom. The van der Waals surface area contributed by atoms with Gasteiger partial charge in [-0.2, -0.15) is 5.10 Å². The average Bonchev–Trinajstić information content (AvgIpc) is 2.62. The molecule has 15 heavy (non-hydrogen) atoms. The van der Waals surface area contributed by atoms with E-state index in [1.54, 1.807) is 10.9 Å². The van der Waals surface area contributed by atoms with Crippen LogP contribution in [0.25, 0.3) is 0 Å². The monoisotopic (exact) mass is 210 g/mol. The molecule has 0 spiro atoms. The maximum Gasteiger partial charge on any atom is 0.135 e. The summed E-state index contributed by atoms with van der Waals surface area (Å²) in [5, 5.41) is 4.05. The fourth-order valence-corrected chi connectivity index (χ4v) is 1.34. The standard InChI is InChI=1S/C11H18N2O2/c1-3-15-7-6-11(14)5-4-10-8-12-13(2)9-10/h8-9H,3-7H2,1-2H3. The van der Waals surface area contributed by atoms with Gasteiger partial charge in [0, 0.05) is 32.7 Å². The molecule has 0 saturated heterocycles. The molecule has 1 aromatic rings. The van der Waals surface area contributed by atoms with Crippen molar-refractivity contribution in [2.75, 3.05) is 13.2 Å². The van der Waals surface area contributed by atoms with E-state index in [9.17, 15) is 4.79 Å². The van der Waals surface area contributed by atoms with Crippen molar-refractivity contribution in [2.45, 2.75) is 26.2 Å². The lowest BCUT2D eigenvalue weighted by molar-refractivity contribution is -0.120. The van der Waals surface area contributed by atoms with Crippen molar-refractivity contribution in [2.24, 2.45) is 7.05 Å². The highest BCUT2D eigenvalue weighted by molar-refractivity contribution is 5.78. The molecule has 1 heterocycles. The molecule has 0 bridgehead atoms. The Bertz CT molecular complexity index is 307. The molecule has 1 aromatic heterocycles. The Labute approximate surface area is 90.2 Å². The van der Waals surface area contributed by atoms with Crippen LogP contribution in [0.3, 0.4) is 0 Å². The molecule has 0 aromatic carbocycles. The van der Waals surface area contributed by atoms with Crippen LogP contribution in [0.4, 0.5) is 0 Å². The second-order valence-corrected chi connectivity index (χ2v) is 3.51. The maximum atomic E-state index is 11.4. The van der Waals surface area contributed by atoms with E-state index in [4.69, 9.17) is 4.74 Å². The van der Waals surface area contributed by atoms with Gasteiger partial charge in [-0.1, -0.05) is 0 Å². The number of hydrogen-bond donors (Lipinski definition) is 0. The van der Waals surface area contributed by atoms with E-state index in [-0.39, 0.29) is 5.78 Å². The van der Waals surface area contributed by atoms with Crippen LogP contribution in [0, 0.1) is 0 Å². The zero-order chi connectivity index (χ0) is 11.1. The third-order valence-electron chi connectivity index (χ3n) is 2.18. The SMILES string of the molecule is CCOCCC(=O)CCc1cnn(C)c1. The van der Waals surface area contributed by atoms with Gasteiger partial charge in [0.05, 0.1) is 12.8 Å². The van der Waals surface area contributed by atoms with Crippen LogP contribution in [0.15, 0.2) is 12.4 Å². The van der Waals surface area contributed by atoms with Crippen LogP contribution in [-0.2, 0) is 23.0 Å². The minimum atomic E-state index is 0.257. The van der Waals surface area contributed by atoms with E-state index in [0.29, 0.717) is 26.1 Å². The lowest BCUT2D eigenvalue weighted by Crippen LogP contribution is -2.05. The molecule has 0 amide bonds. The van der Waals surface area contributed by atoms with Crippen molar-refractivity contribution < 1.29 is 9.53 Å². The van der Waals surface area contributed by atoms with Gasteiger partial charge in [-0.15, -0.1) is 0 Å². The van der Waals surface area contributed by atoms with E-state index >= 15 is 0 Å². The van der Waals surface area contributed by atoms with Gasteiger partial charge in [0.2, 0.25) is 0 Å². The molecule has 84 valence electrons. The van der Waals surface area contributed by atoms with Gasteiger partial charge >= 0.3 is 0 Å². The van der Waals surface area contributed by atoms with Crippen LogP contribution in [0.1, 0.15) is 25.3 Å². The Morgan fingerprint density at radius 1 is 1.53 bits per heavy atom. The number of aromatic nitrogens is 2. The molecule has 0 aliphatic carbocycles. The first kappa shape index (κ1) is 11.9. The first-order chi connectivity index (χ1) is 7.22. The largest absolute Gasteiger partial charge is 0.381 e. The van der Waals surface area contributed by atoms with Crippen molar-refractivity contribution in [3.63, 3.8) is 0 Å². The smallest absolute Gasteiger partial charge is 0.135 e. The molecule has 0 atom stereocenters. The highest BCUT2D eigenvalue weighted by atomic mass is 16.5. The summed E-state index contributed by atoms with van der Waals surface area (Å²) < 4.78 is 6.87. The predicted octanol–water partition coefficient (Wildman–Crippen LogP) is 1.35. The van der Waals surface area contributed by atoms with Crippen molar-refractivity contribution in [3.8, 4) is 0 Å². The van der Waals surface area contributed by atoms with Gasteiger partial charge in [0.25, 0.3) is 0 Å². The summed E-state index contributed by atoms with van der Waals surface area (Å²) in [6.07, 6.45) is 5.62. The van der Waals surface area contributed by atoms with Crippen LogP contribution < -0.4 is 0 Å². The molecular formula is C11H18N2O2. The average molecular weight is 210 g/mol. The zero-order valence-corrected chi connectivity index (χ0v) is 9.40. The van der Waals surface area contributed by atoms with Gasteiger partial charge in [-0.25, -0.2) is 0 Å². The van der Waals surface area contributed by atoms with E-state index in [2.05, 4.69) is 5.10 Å². The number of ether oxygens (including phenoxy) is 1. The van der Waals surface area contributed by atoms with Crippen molar-refractivity contribution in [1.82, 2.24) is 9.78 Å². The molecule has 0 radical (unpaired) electrons. The first-order valence-corrected chi connectivity index (χ1v) is 5.29. The van der Waals surface area contributed by atoms with E-state index in [1.807, 2.05) is 20.2 Å². The number of rotatable bonds is 7. The summed E-state index contributed by atoms with van der Waals surface area (Å²) >= 11 is 0. The molecule has 1 rings (SSSR count). The molecule has 4 heteroatoms. The Balaban J connectivity index is 2.16. The third-order valence-corrected chi connectivity index (χ3v) is 2.18. The molecule has 0 fully saturated rings. The first-order valence-electron chi connectivity index (χ1n) is 5.29. The number of nitrogens with zero attached hydrogens (tertiary/aromatic N) is 2. The van der Waals surface area contributed by atoms with Crippen LogP contribution in [-0.4, -0.2) is 28.8 Å². The quantitative estimate of drug-likeness (QED) is 0.638. The predicted molar refractivity (Wildman–Crippen MR) is 57.6 cm³/mol. The van der Waals surface area contributed by atoms with Crippen molar-refractivity contribution >= 4 is 5.78 Å². The van der Waals surface area contributed by atoms with Crippen LogP contribution in [0.5, 0.6) is 0 Å².